The highest BCUT2D eigenvalue weighted by molar-refractivity contribution is 7.81. The van der Waals surface area contributed by atoms with E-state index in [2.05, 4.69) is 14.5 Å². The monoisotopic (exact) mass is 330 g/mol. The number of carbonyl (C=O) groups excluding carboxylic acids is 1. The number of hydrogen-bond acceptors (Lipinski definition) is 5. The Morgan fingerprint density at radius 2 is 2.00 bits per heavy atom. The average Bonchev–Trinajstić information content (AvgIpc) is 2.31. The van der Waals surface area contributed by atoms with Crippen LogP contribution in [0.25, 0.3) is 0 Å². The molecule has 21 heavy (non-hydrogen) atoms. The molecule has 0 saturated carbocycles. The van der Waals surface area contributed by atoms with Crippen LogP contribution in [0.5, 0.6) is 5.75 Å². The van der Waals surface area contributed by atoms with Gasteiger partial charge in [-0.3, -0.25) is 9.78 Å². The van der Waals surface area contributed by atoms with Crippen LogP contribution in [0.1, 0.15) is 23.2 Å². The Bertz CT molecular complexity index is 603. The van der Waals surface area contributed by atoms with Gasteiger partial charge in [-0.2, -0.15) is 21.6 Å². The van der Waals surface area contributed by atoms with Crippen LogP contribution in [0.4, 0.5) is 17.1 Å². The van der Waals surface area contributed by atoms with Crippen molar-refractivity contribution in [3.8, 4) is 5.75 Å². The molecular formula is C10H10F4N2O4S. The first kappa shape index (κ1) is 17.1. The third-order valence-electron chi connectivity index (χ3n) is 2.09. The summed E-state index contributed by atoms with van der Waals surface area (Å²) in [7, 11) is -5.25. The number of amides is 1. The first-order valence-electron chi connectivity index (χ1n) is 5.51. The van der Waals surface area contributed by atoms with Gasteiger partial charge in [0.1, 0.15) is 0 Å². The number of carbonyl (C=O) groups is 1. The van der Waals surface area contributed by atoms with E-state index in [1.165, 1.54) is 0 Å². The van der Waals surface area contributed by atoms with Gasteiger partial charge < -0.3 is 9.50 Å². The largest absolute Gasteiger partial charge is 0.488 e. The van der Waals surface area contributed by atoms with E-state index >= 15 is 0 Å². The van der Waals surface area contributed by atoms with Crippen molar-refractivity contribution in [1.29, 1.82) is 0 Å². The van der Waals surface area contributed by atoms with E-state index in [0.29, 0.717) is 0 Å². The van der Waals surface area contributed by atoms with Crippen molar-refractivity contribution in [3.05, 3.63) is 24.0 Å². The second-order valence-corrected chi connectivity index (χ2v) is 4.81. The smallest absolute Gasteiger partial charge is 0.357 e. The molecule has 1 aromatic rings. The lowest BCUT2D eigenvalue weighted by Gasteiger charge is -2.08. The summed E-state index contributed by atoms with van der Waals surface area (Å²) in [5, 5.41) is 2.18. The van der Waals surface area contributed by atoms with Crippen molar-refractivity contribution in [2.24, 2.45) is 0 Å². The third-order valence-corrected chi connectivity index (χ3v) is 2.49. The van der Waals surface area contributed by atoms with E-state index < -0.39 is 34.8 Å². The Morgan fingerprint density at radius 3 is 2.57 bits per heavy atom. The lowest BCUT2D eigenvalue weighted by Crippen LogP contribution is -2.25. The first-order valence-corrected chi connectivity index (χ1v) is 6.82. The van der Waals surface area contributed by atoms with Gasteiger partial charge in [0.05, 0.1) is 11.8 Å². The molecule has 0 aliphatic heterocycles. The van der Waals surface area contributed by atoms with Gasteiger partial charge in [-0.25, -0.2) is 0 Å². The van der Waals surface area contributed by atoms with E-state index in [9.17, 15) is 30.3 Å². The molecular weight excluding hydrogens is 320 g/mol. The molecule has 0 aromatic carbocycles. The predicted octanol–water partition coefficient (Wildman–Crippen LogP) is 1.75. The fraction of sp³-hybridized carbons (Fsp3) is 0.400. The van der Waals surface area contributed by atoms with Crippen LogP contribution in [0, 0.1) is 0 Å². The van der Waals surface area contributed by atoms with Gasteiger partial charge in [0.2, 0.25) is 0 Å². The quantitative estimate of drug-likeness (QED) is 0.488. The molecule has 0 aliphatic rings. The number of pyridine rings is 1. The molecule has 118 valence electrons. The lowest BCUT2D eigenvalue weighted by atomic mass is 10.2. The summed E-state index contributed by atoms with van der Waals surface area (Å²) in [6, 6.07) is 0.892. The zero-order valence-corrected chi connectivity index (χ0v) is 11.2. The van der Waals surface area contributed by atoms with E-state index in [0.717, 1.165) is 18.5 Å². The highest BCUT2D eigenvalue weighted by Gasteiger charge is 2.26. The summed E-state index contributed by atoms with van der Waals surface area (Å²) in [6.45, 7) is -0.231. The lowest BCUT2D eigenvalue weighted by molar-refractivity contribution is -0.135. The molecule has 6 nitrogen and oxygen atoms in total. The molecule has 0 spiro atoms. The fourth-order valence-electron chi connectivity index (χ4n) is 1.30. The molecule has 0 radical (unpaired) electrons. The van der Waals surface area contributed by atoms with Crippen molar-refractivity contribution in [1.82, 2.24) is 10.3 Å². The maximum atomic E-state index is 12.3. The van der Waals surface area contributed by atoms with E-state index in [-0.39, 0.29) is 18.5 Å². The van der Waals surface area contributed by atoms with Crippen LogP contribution in [0.15, 0.2) is 18.5 Å². The molecule has 0 unspecified atom stereocenters. The van der Waals surface area contributed by atoms with Gasteiger partial charge in [0.25, 0.3) is 5.91 Å². The Labute approximate surface area is 117 Å². The summed E-state index contributed by atoms with van der Waals surface area (Å²) in [6.07, 6.45) is -3.78. The van der Waals surface area contributed by atoms with Gasteiger partial charge in [-0.05, 0) is 12.5 Å². The second kappa shape index (κ2) is 6.70. The van der Waals surface area contributed by atoms with Gasteiger partial charge in [-0.1, -0.05) is 3.89 Å². The highest BCUT2D eigenvalue weighted by atomic mass is 32.3. The zero-order valence-electron chi connectivity index (χ0n) is 10.4. The van der Waals surface area contributed by atoms with Crippen molar-refractivity contribution < 1.29 is 34.5 Å². The molecule has 0 aliphatic carbocycles. The van der Waals surface area contributed by atoms with E-state index in [4.69, 9.17) is 0 Å². The number of alkyl halides is 3. The standard InChI is InChI=1S/C10H10F4N2O4S/c11-10(12,13)2-1-3-16-9(17)7-4-8(6-15-5-7)20-21(14,18)19/h4-6H,1-3H2,(H,16,17). The van der Waals surface area contributed by atoms with Crippen molar-refractivity contribution in [2.75, 3.05) is 6.54 Å². The van der Waals surface area contributed by atoms with Crippen molar-refractivity contribution in [2.45, 2.75) is 19.0 Å². The van der Waals surface area contributed by atoms with Gasteiger partial charge in [0, 0.05) is 19.2 Å². The SMILES string of the molecule is O=C(NCCCC(F)(F)F)c1cncc(OS(=O)(=O)F)c1. The van der Waals surface area contributed by atoms with Crippen LogP contribution in [-0.4, -0.2) is 32.0 Å². The first-order chi connectivity index (χ1) is 9.57. The minimum Gasteiger partial charge on any atom is -0.357 e. The number of nitrogens with zero attached hydrogens (tertiary/aromatic N) is 1. The maximum absolute atomic E-state index is 12.3. The Hall–Kier alpha value is -1.91. The third kappa shape index (κ3) is 7.44. The molecule has 0 saturated heterocycles. The molecule has 1 heterocycles. The molecule has 11 heteroatoms. The topological polar surface area (TPSA) is 85.4 Å². The molecule has 0 bridgehead atoms. The second-order valence-electron chi connectivity index (χ2n) is 3.86. The Morgan fingerprint density at radius 1 is 1.33 bits per heavy atom. The van der Waals surface area contributed by atoms with Crippen LogP contribution in [-0.2, 0) is 10.5 Å². The van der Waals surface area contributed by atoms with Crippen LogP contribution in [0.2, 0.25) is 0 Å². The molecule has 1 aromatic heterocycles. The summed E-state index contributed by atoms with van der Waals surface area (Å²) in [4.78, 5) is 15.0. The highest BCUT2D eigenvalue weighted by Crippen LogP contribution is 2.20. The molecule has 0 atom stereocenters. The fourth-order valence-corrected chi connectivity index (χ4v) is 1.62. The summed E-state index contributed by atoms with van der Waals surface area (Å²) < 4.78 is 72.3. The molecule has 1 N–H and O–H groups in total. The van der Waals surface area contributed by atoms with Gasteiger partial charge in [0.15, 0.2) is 5.75 Å². The Balaban J connectivity index is 2.57. The molecule has 0 fully saturated rings. The summed E-state index contributed by atoms with van der Waals surface area (Å²) in [5.74, 6) is -1.31. The predicted molar refractivity (Wildman–Crippen MR) is 62.5 cm³/mol. The van der Waals surface area contributed by atoms with E-state index in [1.807, 2.05) is 0 Å². The summed E-state index contributed by atoms with van der Waals surface area (Å²) >= 11 is 0. The molecule has 1 amide bonds. The van der Waals surface area contributed by atoms with Crippen LogP contribution in [0.3, 0.4) is 0 Å². The number of rotatable bonds is 6. The molecule has 1 rings (SSSR count). The maximum Gasteiger partial charge on any atom is 0.488 e. The van der Waals surface area contributed by atoms with E-state index in [1.54, 1.807) is 0 Å². The van der Waals surface area contributed by atoms with Gasteiger partial charge >= 0.3 is 16.7 Å². The zero-order chi connectivity index (χ0) is 16.1. The number of nitrogens with one attached hydrogen (secondary N) is 1. The Kier molecular flexibility index (Phi) is 5.47. The van der Waals surface area contributed by atoms with Crippen LogP contribution >= 0.6 is 0 Å². The number of aromatic nitrogens is 1. The van der Waals surface area contributed by atoms with Crippen molar-refractivity contribution >= 4 is 16.4 Å². The minimum atomic E-state index is -5.25. The summed E-state index contributed by atoms with van der Waals surface area (Å²) in [5.41, 5.74) is -0.178. The minimum absolute atomic E-state index is 0.178. The number of hydrogen-bond donors (Lipinski definition) is 1. The number of halogens is 4. The van der Waals surface area contributed by atoms with Gasteiger partial charge in [-0.15, -0.1) is 0 Å². The average molecular weight is 330 g/mol. The van der Waals surface area contributed by atoms with Crippen LogP contribution < -0.4 is 9.50 Å². The van der Waals surface area contributed by atoms with Crippen molar-refractivity contribution in [3.63, 3.8) is 0 Å². The normalized spacial score (nSPS) is 12.0.